The van der Waals surface area contributed by atoms with Gasteiger partial charge < -0.3 is 0 Å². The van der Waals surface area contributed by atoms with Gasteiger partial charge in [0, 0.05) is 5.41 Å². The van der Waals surface area contributed by atoms with Crippen molar-refractivity contribution in [3.05, 3.63) is 53.0 Å². The summed E-state index contributed by atoms with van der Waals surface area (Å²) in [4.78, 5) is 4.91. The Morgan fingerprint density at radius 3 is 2.04 bits per heavy atom. The van der Waals surface area contributed by atoms with Gasteiger partial charge >= 0.3 is 0 Å². The Labute approximate surface area is 143 Å². The number of rotatable bonds is 1. The molecule has 0 unspecified atom stereocenters. The number of nitrogens with zero attached hydrogens (tertiary/aromatic N) is 1. The molecule has 0 saturated carbocycles. The zero-order chi connectivity index (χ0) is 16.8. The van der Waals surface area contributed by atoms with Crippen LogP contribution in [0.1, 0.15) is 52.1 Å². The van der Waals surface area contributed by atoms with Crippen LogP contribution in [0, 0.1) is 0 Å². The van der Waals surface area contributed by atoms with E-state index in [1.54, 1.807) is 0 Å². The van der Waals surface area contributed by atoms with Gasteiger partial charge in [0.15, 0.2) is 0 Å². The number of aromatic nitrogens is 1. The van der Waals surface area contributed by atoms with Gasteiger partial charge in [-0.3, -0.25) is 0 Å². The maximum atomic E-state index is 4.91. The SMILES string of the molecule is CC(C)(C)c1nc2cc(-c3ccccc3)c(C(C)(C)C)cc2s1. The van der Waals surface area contributed by atoms with E-state index in [0.29, 0.717) is 0 Å². The maximum Gasteiger partial charge on any atom is 0.0992 e. The molecule has 2 heteroatoms. The molecule has 1 nitrogen and oxygen atoms in total. The van der Waals surface area contributed by atoms with Gasteiger partial charge in [0.05, 0.1) is 15.2 Å². The minimum absolute atomic E-state index is 0.0957. The van der Waals surface area contributed by atoms with Gasteiger partial charge in [-0.1, -0.05) is 71.9 Å². The molecule has 0 radical (unpaired) electrons. The Hall–Kier alpha value is -1.67. The molecule has 0 N–H and O–H groups in total. The van der Waals surface area contributed by atoms with E-state index >= 15 is 0 Å². The number of hydrogen-bond acceptors (Lipinski definition) is 2. The second-order valence-corrected chi connectivity index (χ2v) is 9.28. The Bertz CT molecular complexity index is 830. The Morgan fingerprint density at radius 2 is 1.48 bits per heavy atom. The van der Waals surface area contributed by atoms with Gasteiger partial charge in [-0.25, -0.2) is 4.98 Å². The fourth-order valence-electron chi connectivity index (χ4n) is 2.77. The molecule has 3 aromatic rings. The van der Waals surface area contributed by atoms with Crippen molar-refractivity contribution in [3.8, 4) is 11.1 Å². The van der Waals surface area contributed by atoms with Crippen LogP contribution in [0.5, 0.6) is 0 Å². The highest BCUT2D eigenvalue weighted by Gasteiger charge is 2.23. The Morgan fingerprint density at radius 1 is 0.826 bits per heavy atom. The first-order chi connectivity index (χ1) is 10.7. The number of benzene rings is 2. The fourth-order valence-corrected chi connectivity index (χ4v) is 3.82. The lowest BCUT2D eigenvalue weighted by Crippen LogP contribution is -2.12. The van der Waals surface area contributed by atoms with Crippen molar-refractivity contribution in [1.82, 2.24) is 4.98 Å². The molecule has 0 fully saturated rings. The van der Waals surface area contributed by atoms with E-state index in [2.05, 4.69) is 84.0 Å². The van der Waals surface area contributed by atoms with E-state index in [1.165, 1.54) is 26.4 Å². The van der Waals surface area contributed by atoms with Crippen LogP contribution in [0.15, 0.2) is 42.5 Å². The minimum atomic E-state index is 0.0957. The lowest BCUT2D eigenvalue weighted by atomic mass is 9.81. The third kappa shape index (κ3) is 3.18. The van der Waals surface area contributed by atoms with E-state index in [4.69, 9.17) is 4.98 Å². The van der Waals surface area contributed by atoms with E-state index in [1.807, 2.05) is 11.3 Å². The number of fused-ring (bicyclic) bond motifs is 1. The van der Waals surface area contributed by atoms with Crippen LogP contribution in [0.2, 0.25) is 0 Å². The third-order valence-corrected chi connectivity index (χ3v) is 5.51. The van der Waals surface area contributed by atoms with E-state index in [-0.39, 0.29) is 10.8 Å². The topological polar surface area (TPSA) is 12.9 Å². The van der Waals surface area contributed by atoms with Crippen LogP contribution >= 0.6 is 11.3 Å². The van der Waals surface area contributed by atoms with Crippen LogP contribution in [0.4, 0.5) is 0 Å². The lowest BCUT2D eigenvalue weighted by molar-refractivity contribution is 0.587. The summed E-state index contributed by atoms with van der Waals surface area (Å²) in [5, 5.41) is 1.21. The van der Waals surface area contributed by atoms with E-state index in [0.717, 1.165) is 5.52 Å². The molecule has 0 spiro atoms. The molecule has 23 heavy (non-hydrogen) atoms. The van der Waals surface area contributed by atoms with Crippen molar-refractivity contribution in [2.75, 3.05) is 0 Å². The molecule has 0 bridgehead atoms. The summed E-state index contributed by atoms with van der Waals surface area (Å²) in [6.45, 7) is 13.5. The van der Waals surface area contributed by atoms with Crippen molar-refractivity contribution in [1.29, 1.82) is 0 Å². The molecule has 1 aromatic heterocycles. The zero-order valence-corrected chi connectivity index (χ0v) is 15.7. The van der Waals surface area contributed by atoms with Crippen LogP contribution in [-0.4, -0.2) is 4.98 Å². The zero-order valence-electron chi connectivity index (χ0n) is 14.9. The molecular weight excluding hydrogens is 298 g/mol. The second kappa shape index (κ2) is 5.45. The van der Waals surface area contributed by atoms with Crippen LogP contribution in [-0.2, 0) is 10.8 Å². The molecule has 120 valence electrons. The lowest BCUT2D eigenvalue weighted by Gasteiger charge is -2.23. The molecule has 0 aliphatic rings. The van der Waals surface area contributed by atoms with Gasteiger partial charge in [-0.05, 0) is 34.2 Å². The molecule has 0 amide bonds. The molecule has 3 rings (SSSR count). The predicted octanol–water partition coefficient (Wildman–Crippen LogP) is 6.56. The van der Waals surface area contributed by atoms with Gasteiger partial charge in [-0.2, -0.15) is 0 Å². The number of hydrogen-bond donors (Lipinski definition) is 0. The molecule has 0 saturated heterocycles. The van der Waals surface area contributed by atoms with Crippen molar-refractivity contribution < 1.29 is 0 Å². The first-order valence-corrected chi connectivity index (χ1v) is 8.99. The molecule has 0 aliphatic heterocycles. The summed E-state index contributed by atoms with van der Waals surface area (Å²) in [6.07, 6.45) is 0. The average molecular weight is 324 g/mol. The Kier molecular flexibility index (Phi) is 3.84. The van der Waals surface area contributed by atoms with Gasteiger partial charge in [0.2, 0.25) is 0 Å². The first-order valence-electron chi connectivity index (χ1n) is 8.17. The number of thiazole rings is 1. The van der Waals surface area contributed by atoms with Gasteiger partial charge in [-0.15, -0.1) is 11.3 Å². The largest absolute Gasteiger partial charge is 0.241 e. The smallest absolute Gasteiger partial charge is 0.0992 e. The van der Waals surface area contributed by atoms with E-state index in [9.17, 15) is 0 Å². The summed E-state index contributed by atoms with van der Waals surface area (Å²) in [5.74, 6) is 0. The summed E-state index contributed by atoms with van der Waals surface area (Å²) in [7, 11) is 0. The molecule has 2 aromatic carbocycles. The normalized spacial score (nSPS) is 12.8. The van der Waals surface area contributed by atoms with Crippen molar-refractivity contribution in [2.45, 2.75) is 52.4 Å². The maximum absolute atomic E-state index is 4.91. The highest BCUT2D eigenvalue weighted by Crippen LogP contribution is 2.39. The molecule has 1 heterocycles. The summed E-state index contributed by atoms with van der Waals surface area (Å²) in [5.41, 5.74) is 5.28. The molecule has 0 aliphatic carbocycles. The standard InChI is InChI=1S/C21H25NS/c1-20(2,3)16-13-18-17(22-19(23-18)21(4,5)6)12-15(16)14-10-8-7-9-11-14/h7-13H,1-6H3. The van der Waals surface area contributed by atoms with Crippen LogP contribution in [0.3, 0.4) is 0 Å². The Balaban J connectivity index is 2.29. The molecule has 0 atom stereocenters. The van der Waals surface area contributed by atoms with Crippen molar-refractivity contribution in [3.63, 3.8) is 0 Å². The first kappa shape index (κ1) is 16.2. The van der Waals surface area contributed by atoms with Crippen molar-refractivity contribution >= 4 is 21.6 Å². The van der Waals surface area contributed by atoms with E-state index < -0.39 is 0 Å². The van der Waals surface area contributed by atoms with Crippen LogP contribution in [0.25, 0.3) is 21.3 Å². The molecular formula is C21H25NS. The van der Waals surface area contributed by atoms with Crippen molar-refractivity contribution in [2.24, 2.45) is 0 Å². The predicted molar refractivity (Wildman–Crippen MR) is 102 cm³/mol. The highest BCUT2D eigenvalue weighted by atomic mass is 32.1. The average Bonchev–Trinajstić information content (AvgIpc) is 2.89. The summed E-state index contributed by atoms with van der Waals surface area (Å²) >= 11 is 1.83. The second-order valence-electron chi connectivity index (χ2n) is 8.25. The van der Waals surface area contributed by atoms with Crippen LogP contribution < -0.4 is 0 Å². The minimum Gasteiger partial charge on any atom is -0.241 e. The quantitative estimate of drug-likeness (QED) is 0.494. The summed E-state index contributed by atoms with van der Waals surface area (Å²) in [6, 6.07) is 15.3. The monoisotopic (exact) mass is 323 g/mol. The summed E-state index contributed by atoms with van der Waals surface area (Å²) < 4.78 is 1.29. The highest BCUT2D eigenvalue weighted by molar-refractivity contribution is 7.18. The van der Waals surface area contributed by atoms with Gasteiger partial charge in [0.1, 0.15) is 0 Å². The fraction of sp³-hybridized carbons (Fsp3) is 0.381. The van der Waals surface area contributed by atoms with Gasteiger partial charge in [0.25, 0.3) is 0 Å². The third-order valence-electron chi connectivity index (χ3n) is 4.06.